The quantitative estimate of drug-likeness (QED) is 0.369. The summed E-state index contributed by atoms with van der Waals surface area (Å²) in [5, 5.41) is 29.0. The van der Waals surface area contributed by atoms with Gasteiger partial charge in [-0.1, -0.05) is 0 Å². The van der Waals surface area contributed by atoms with Gasteiger partial charge in [0.05, 0.1) is 11.6 Å². The van der Waals surface area contributed by atoms with E-state index in [9.17, 15) is 10.4 Å². The van der Waals surface area contributed by atoms with Gasteiger partial charge in [0.15, 0.2) is 6.19 Å². The molecule has 0 saturated heterocycles. The van der Waals surface area contributed by atoms with Crippen LogP contribution in [0.3, 0.4) is 0 Å². The average Bonchev–Trinajstić information content (AvgIpc) is 2.51. The molecule has 0 spiro atoms. The zero-order valence-corrected chi connectivity index (χ0v) is 14.2. The summed E-state index contributed by atoms with van der Waals surface area (Å²) in [6, 6.07) is 6.13. The van der Waals surface area contributed by atoms with E-state index in [2.05, 4.69) is 11.1 Å². The van der Waals surface area contributed by atoms with E-state index in [0.717, 1.165) is 0 Å². The van der Waals surface area contributed by atoms with Crippen LogP contribution in [0.2, 0.25) is 0 Å². The molecule has 0 unspecified atom stereocenters. The lowest BCUT2D eigenvalue weighted by Crippen LogP contribution is -2.49. The Morgan fingerprint density at radius 2 is 2.08 bits per heavy atom. The van der Waals surface area contributed by atoms with Crippen LogP contribution in [0.4, 0.5) is 0 Å². The molecule has 1 heterocycles. The van der Waals surface area contributed by atoms with Crippen molar-refractivity contribution in [1.82, 2.24) is 4.90 Å². The molecule has 1 aliphatic rings. The second kappa shape index (κ2) is 6.38. The van der Waals surface area contributed by atoms with Gasteiger partial charge in [-0.25, -0.2) is 9.89 Å². The maximum Gasteiger partial charge on any atom is 0.205 e. The second-order valence-electron chi connectivity index (χ2n) is 6.51. The van der Waals surface area contributed by atoms with Crippen LogP contribution in [-0.4, -0.2) is 33.7 Å². The Balaban J connectivity index is 2.56. The molecule has 0 aromatic heterocycles. The summed E-state index contributed by atoms with van der Waals surface area (Å²) in [6.45, 7) is 7.14. The van der Waals surface area contributed by atoms with Crippen molar-refractivity contribution >= 4 is 5.96 Å². The van der Waals surface area contributed by atoms with Gasteiger partial charge in [0, 0.05) is 11.6 Å². The zero-order valence-electron chi connectivity index (χ0n) is 14.2. The van der Waals surface area contributed by atoms with Crippen LogP contribution >= 0.6 is 0 Å². The highest BCUT2D eigenvalue weighted by atomic mass is 16.5. The fraction of sp³-hybridized carbons (Fsp3) is 0.471. The Morgan fingerprint density at radius 1 is 1.42 bits per heavy atom. The maximum absolute atomic E-state index is 10.7. The lowest BCUT2D eigenvalue weighted by molar-refractivity contribution is -0.0568. The summed E-state index contributed by atoms with van der Waals surface area (Å²) in [6.07, 6.45) is 1.00. The number of hydrogen-bond donors (Lipinski definition) is 2. The summed E-state index contributed by atoms with van der Waals surface area (Å²) in [7, 11) is 0. The first kappa shape index (κ1) is 17.6. The Morgan fingerprint density at radius 3 is 2.62 bits per heavy atom. The summed E-state index contributed by atoms with van der Waals surface area (Å²) in [5.41, 5.74) is 6.10. The van der Waals surface area contributed by atoms with Crippen molar-refractivity contribution < 1.29 is 9.84 Å². The maximum atomic E-state index is 10.7. The van der Waals surface area contributed by atoms with Crippen molar-refractivity contribution in [2.75, 3.05) is 0 Å². The Bertz CT molecular complexity index is 742. The lowest BCUT2D eigenvalue weighted by Gasteiger charge is -2.40. The Hall–Kier alpha value is -2.77. The Kier molecular flexibility index (Phi) is 4.68. The number of nitrogens with zero attached hydrogens (tertiary/aromatic N) is 4. The third-order valence-corrected chi connectivity index (χ3v) is 3.98. The zero-order chi connectivity index (χ0) is 18.1. The number of aliphatic imine (C=N–C) groups is 1. The van der Waals surface area contributed by atoms with Gasteiger partial charge >= 0.3 is 0 Å². The number of ether oxygens (including phenoxy) is 1. The molecule has 2 atom stereocenters. The standard InChI is InChI=1S/C17H21N5O2/c1-10(2)22(9-19)16(20)21-14-12-7-11(8-18)5-6-13(12)24-17(3,4)15(14)23/h5-7,10,14-15,23H,1-4H3,(H2,20,21)/t14-,15+/m1/s1. The minimum Gasteiger partial charge on any atom is -0.485 e. The van der Waals surface area contributed by atoms with E-state index in [1.165, 1.54) is 4.90 Å². The number of nitrogens with two attached hydrogens (primary N) is 1. The normalized spacial score (nSPS) is 22.1. The summed E-state index contributed by atoms with van der Waals surface area (Å²) in [5.74, 6) is 0.557. The van der Waals surface area contributed by atoms with Crippen molar-refractivity contribution in [1.29, 1.82) is 10.5 Å². The van der Waals surface area contributed by atoms with E-state index < -0.39 is 17.7 Å². The van der Waals surface area contributed by atoms with Gasteiger partial charge in [-0.2, -0.15) is 10.5 Å². The number of benzene rings is 1. The molecule has 0 aliphatic carbocycles. The molecule has 7 nitrogen and oxygen atoms in total. The van der Waals surface area contributed by atoms with E-state index in [4.69, 9.17) is 15.7 Å². The molecule has 0 fully saturated rings. The predicted molar refractivity (Wildman–Crippen MR) is 88.8 cm³/mol. The third kappa shape index (κ3) is 3.12. The van der Waals surface area contributed by atoms with Crippen LogP contribution < -0.4 is 10.5 Å². The first-order valence-electron chi connectivity index (χ1n) is 7.64. The summed E-state index contributed by atoms with van der Waals surface area (Å²) < 4.78 is 5.83. The highest BCUT2D eigenvalue weighted by Crippen LogP contribution is 2.42. The molecule has 3 N–H and O–H groups in total. The molecule has 0 saturated carbocycles. The number of rotatable bonds is 2. The molecule has 0 bridgehead atoms. The minimum atomic E-state index is -0.981. The van der Waals surface area contributed by atoms with Gasteiger partial charge in [0.2, 0.25) is 5.96 Å². The first-order valence-corrected chi connectivity index (χ1v) is 7.64. The largest absolute Gasteiger partial charge is 0.485 e. The molecule has 126 valence electrons. The molecule has 24 heavy (non-hydrogen) atoms. The van der Waals surface area contributed by atoms with Crippen molar-refractivity contribution in [3.63, 3.8) is 0 Å². The molecule has 1 aromatic rings. The van der Waals surface area contributed by atoms with Crippen LogP contribution in [0.25, 0.3) is 0 Å². The molecule has 1 aromatic carbocycles. The smallest absolute Gasteiger partial charge is 0.205 e. The molecule has 7 heteroatoms. The van der Waals surface area contributed by atoms with Crippen LogP contribution in [0.5, 0.6) is 5.75 Å². The van der Waals surface area contributed by atoms with Crippen molar-refractivity contribution in [3.8, 4) is 18.0 Å². The van der Waals surface area contributed by atoms with Gasteiger partial charge < -0.3 is 15.6 Å². The van der Waals surface area contributed by atoms with E-state index >= 15 is 0 Å². The van der Waals surface area contributed by atoms with E-state index in [1.54, 1.807) is 32.0 Å². The van der Waals surface area contributed by atoms with Crippen molar-refractivity contribution in [2.45, 2.75) is 51.5 Å². The van der Waals surface area contributed by atoms with Crippen LogP contribution in [0.15, 0.2) is 23.2 Å². The van der Waals surface area contributed by atoms with Gasteiger partial charge in [0.25, 0.3) is 0 Å². The number of aliphatic hydroxyl groups excluding tert-OH is 1. The van der Waals surface area contributed by atoms with Crippen LogP contribution in [0, 0.1) is 22.8 Å². The van der Waals surface area contributed by atoms with Crippen molar-refractivity contribution in [2.24, 2.45) is 10.7 Å². The number of fused-ring (bicyclic) bond motifs is 1. The second-order valence-corrected chi connectivity index (χ2v) is 6.51. The first-order chi connectivity index (χ1) is 11.2. The fourth-order valence-corrected chi connectivity index (χ4v) is 2.61. The van der Waals surface area contributed by atoms with Crippen LogP contribution in [0.1, 0.15) is 44.9 Å². The third-order valence-electron chi connectivity index (χ3n) is 3.98. The lowest BCUT2D eigenvalue weighted by atomic mass is 9.86. The highest BCUT2D eigenvalue weighted by Gasteiger charge is 2.43. The molecule has 0 amide bonds. The fourth-order valence-electron chi connectivity index (χ4n) is 2.61. The summed E-state index contributed by atoms with van der Waals surface area (Å²) in [4.78, 5) is 5.65. The SMILES string of the molecule is CC(C)N(C#N)C(N)=N[C@@H]1c2cc(C#N)ccc2OC(C)(C)[C@H]1O. The molecular weight excluding hydrogens is 306 g/mol. The molecule has 2 rings (SSSR count). The van der Waals surface area contributed by atoms with Gasteiger partial charge in [-0.05, 0) is 45.9 Å². The number of hydrogen-bond acceptors (Lipinski definition) is 5. The number of nitriles is 2. The summed E-state index contributed by atoms with van der Waals surface area (Å²) >= 11 is 0. The highest BCUT2D eigenvalue weighted by molar-refractivity contribution is 5.80. The predicted octanol–water partition coefficient (Wildman–Crippen LogP) is 1.64. The van der Waals surface area contributed by atoms with E-state index in [0.29, 0.717) is 16.9 Å². The van der Waals surface area contributed by atoms with E-state index in [-0.39, 0.29) is 12.0 Å². The molecule has 0 radical (unpaired) electrons. The average molecular weight is 327 g/mol. The Labute approximate surface area is 141 Å². The topological polar surface area (TPSA) is 119 Å². The van der Waals surface area contributed by atoms with Crippen LogP contribution in [-0.2, 0) is 0 Å². The molecular formula is C17H21N5O2. The number of aliphatic hydroxyl groups is 1. The minimum absolute atomic E-state index is 0.0163. The monoisotopic (exact) mass is 327 g/mol. The van der Waals surface area contributed by atoms with Gasteiger partial charge in [-0.3, -0.25) is 0 Å². The van der Waals surface area contributed by atoms with Gasteiger partial charge in [-0.15, -0.1) is 0 Å². The number of guanidine groups is 1. The van der Waals surface area contributed by atoms with Gasteiger partial charge in [0.1, 0.15) is 23.5 Å². The molecule has 1 aliphatic heterocycles. The van der Waals surface area contributed by atoms with E-state index in [1.807, 2.05) is 20.0 Å². The van der Waals surface area contributed by atoms with Crippen molar-refractivity contribution in [3.05, 3.63) is 29.3 Å².